The van der Waals surface area contributed by atoms with Gasteiger partial charge in [-0.25, -0.2) is 0 Å². The molecule has 2 aromatic carbocycles. The van der Waals surface area contributed by atoms with Crippen molar-refractivity contribution in [3.05, 3.63) is 58.1 Å². The average molecular weight is 330 g/mol. The van der Waals surface area contributed by atoms with Crippen molar-refractivity contribution in [1.29, 1.82) is 0 Å². The number of hydrogen-bond acceptors (Lipinski definition) is 1. The van der Waals surface area contributed by atoms with Crippen molar-refractivity contribution in [3.8, 4) is 0 Å². The van der Waals surface area contributed by atoms with Crippen molar-refractivity contribution in [3.63, 3.8) is 0 Å². The summed E-state index contributed by atoms with van der Waals surface area (Å²) in [4.78, 5) is 14.5. The van der Waals surface area contributed by atoms with Crippen LogP contribution in [0.1, 0.15) is 23.7 Å². The van der Waals surface area contributed by atoms with Crippen LogP contribution in [0.15, 0.2) is 52.5 Å². The fourth-order valence-corrected chi connectivity index (χ4v) is 3.00. The highest BCUT2D eigenvalue weighted by molar-refractivity contribution is 9.10. The lowest BCUT2D eigenvalue weighted by molar-refractivity contribution is 0.0766. The first-order chi connectivity index (χ1) is 9.63. The molecule has 2 aromatic rings. The zero-order chi connectivity index (χ0) is 14.1. The first-order valence-electron chi connectivity index (χ1n) is 6.78. The molecule has 1 amide bonds. The van der Waals surface area contributed by atoms with Crippen LogP contribution in [0.5, 0.6) is 0 Å². The Kier molecular flexibility index (Phi) is 3.62. The number of halogens is 1. The van der Waals surface area contributed by atoms with E-state index in [0.717, 1.165) is 40.3 Å². The van der Waals surface area contributed by atoms with Crippen LogP contribution in [0, 0.1) is 0 Å². The minimum atomic E-state index is 0.127. The monoisotopic (exact) mass is 329 g/mol. The Hall–Kier alpha value is -1.61. The Balaban J connectivity index is 1.92. The molecule has 0 atom stereocenters. The van der Waals surface area contributed by atoms with Gasteiger partial charge in [0.15, 0.2) is 0 Å². The van der Waals surface area contributed by atoms with E-state index < -0.39 is 0 Å². The number of fused-ring (bicyclic) bond motifs is 1. The standard InChI is InChI=1S/C17H16BrNO/c1-12-3-2-8-19(11-12)17(20)15-5-4-14-10-16(18)7-6-13(14)9-15/h3-7,9-10H,2,8,11H2,1H3. The molecule has 102 valence electrons. The fraction of sp³-hybridized carbons (Fsp3) is 0.235. The van der Waals surface area contributed by atoms with E-state index in [-0.39, 0.29) is 5.91 Å². The topological polar surface area (TPSA) is 20.3 Å². The Labute approximate surface area is 127 Å². The van der Waals surface area contributed by atoms with Gasteiger partial charge in [-0.15, -0.1) is 0 Å². The lowest BCUT2D eigenvalue weighted by Crippen LogP contribution is -2.35. The summed E-state index contributed by atoms with van der Waals surface area (Å²) in [5, 5.41) is 2.24. The van der Waals surface area contributed by atoms with Gasteiger partial charge >= 0.3 is 0 Å². The molecule has 0 fully saturated rings. The van der Waals surface area contributed by atoms with Gasteiger partial charge in [0, 0.05) is 23.1 Å². The molecule has 3 rings (SSSR count). The molecule has 3 heteroatoms. The Morgan fingerprint density at radius 2 is 1.90 bits per heavy atom. The van der Waals surface area contributed by atoms with Crippen molar-refractivity contribution < 1.29 is 4.79 Å². The normalized spacial score (nSPS) is 15.3. The molecular formula is C17H16BrNO. The molecule has 0 aliphatic carbocycles. The highest BCUT2D eigenvalue weighted by Crippen LogP contribution is 2.22. The molecule has 0 aromatic heterocycles. The molecule has 1 aliphatic heterocycles. The summed E-state index contributed by atoms with van der Waals surface area (Å²) in [5.41, 5.74) is 2.05. The smallest absolute Gasteiger partial charge is 0.254 e. The summed E-state index contributed by atoms with van der Waals surface area (Å²) in [5.74, 6) is 0.127. The molecule has 0 N–H and O–H groups in total. The van der Waals surface area contributed by atoms with Crippen LogP contribution in [0.2, 0.25) is 0 Å². The second-order valence-corrected chi connectivity index (χ2v) is 6.19. The van der Waals surface area contributed by atoms with Gasteiger partial charge in [-0.2, -0.15) is 0 Å². The lowest BCUT2D eigenvalue weighted by atomic mass is 10.0. The third-order valence-electron chi connectivity index (χ3n) is 3.67. The predicted octanol–water partition coefficient (Wildman–Crippen LogP) is 4.39. The molecule has 20 heavy (non-hydrogen) atoms. The summed E-state index contributed by atoms with van der Waals surface area (Å²) >= 11 is 3.47. The van der Waals surface area contributed by atoms with E-state index in [9.17, 15) is 4.79 Å². The summed E-state index contributed by atoms with van der Waals surface area (Å²) in [7, 11) is 0. The van der Waals surface area contributed by atoms with Crippen molar-refractivity contribution in [1.82, 2.24) is 4.90 Å². The van der Waals surface area contributed by atoms with Crippen molar-refractivity contribution in [2.24, 2.45) is 0 Å². The van der Waals surface area contributed by atoms with Crippen LogP contribution in [-0.2, 0) is 0 Å². The van der Waals surface area contributed by atoms with Gasteiger partial charge in [0.1, 0.15) is 0 Å². The van der Waals surface area contributed by atoms with E-state index in [4.69, 9.17) is 0 Å². The Bertz CT molecular complexity index is 705. The molecular weight excluding hydrogens is 314 g/mol. The number of carbonyl (C=O) groups is 1. The van der Waals surface area contributed by atoms with Crippen molar-refractivity contribution >= 4 is 32.6 Å². The molecule has 2 nitrogen and oxygen atoms in total. The Morgan fingerprint density at radius 3 is 2.70 bits per heavy atom. The van der Waals surface area contributed by atoms with Gasteiger partial charge in [-0.1, -0.05) is 39.7 Å². The third kappa shape index (κ3) is 2.63. The summed E-state index contributed by atoms with van der Waals surface area (Å²) in [6.45, 7) is 3.64. The maximum atomic E-state index is 12.5. The third-order valence-corrected chi connectivity index (χ3v) is 4.16. The van der Waals surface area contributed by atoms with Crippen LogP contribution in [0.4, 0.5) is 0 Å². The molecule has 0 radical (unpaired) electrons. The van der Waals surface area contributed by atoms with E-state index in [1.165, 1.54) is 5.57 Å². The maximum Gasteiger partial charge on any atom is 0.254 e. The maximum absolute atomic E-state index is 12.5. The summed E-state index contributed by atoms with van der Waals surface area (Å²) in [6.07, 6.45) is 3.17. The van der Waals surface area contributed by atoms with Crippen molar-refractivity contribution in [2.75, 3.05) is 13.1 Å². The van der Waals surface area contributed by atoms with Gasteiger partial charge < -0.3 is 4.90 Å². The van der Waals surface area contributed by atoms with Gasteiger partial charge in [-0.05, 0) is 48.4 Å². The number of rotatable bonds is 1. The van der Waals surface area contributed by atoms with Gasteiger partial charge in [0.2, 0.25) is 0 Å². The highest BCUT2D eigenvalue weighted by atomic mass is 79.9. The fourth-order valence-electron chi connectivity index (χ4n) is 2.62. The minimum Gasteiger partial charge on any atom is -0.334 e. The van der Waals surface area contributed by atoms with Crippen LogP contribution in [0.25, 0.3) is 10.8 Å². The zero-order valence-corrected chi connectivity index (χ0v) is 13.0. The largest absolute Gasteiger partial charge is 0.334 e. The molecule has 0 saturated carbocycles. The summed E-state index contributed by atoms with van der Waals surface area (Å²) < 4.78 is 1.06. The quantitative estimate of drug-likeness (QED) is 0.710. The first kappa shape index (κ1) is 13.4. The molecule has 0 saturated heterocycles. The van der Waals surface area contributed by atoms with Crippen LogP contribution in [0.3, 0.4) is 0 Å². The average Bonchev–Trinajstić information content (AvgIpc) is 2.46. The number of hydrogen-bond donors (Lipinski definition) is 0. The lowest BCUT2D eigenvalue weighted by Gasteiger charge is -2.26. The molecule has 0 spiro atoms. The van der Waals surface area contributed by atoms with Crippen molar-refractivity contribution in [2.45, 2.75) is 13.3 Å². The molecule has 0 unspecified atom stereocenters. The van der Waals surface area contributed by atoms with E-state index in [1.807, 2.05) is 35.2 Å². The second-order valence-electron chi connectivity index (χ2n) is 5.27. The van der Waals surface area contributed by atoms with E-state index in [0.29, 0.717) is 0 Å². The molecule has 1 heterocycles. The van der Waals surface area contributed by atoms with Crippen LogP contribution >= 0.6 is 15.9 Å². The number of nitrogens with zero attached hydrogens (tertiary/aromatic N) is 1. The zero-order valence-electron chi connectivity index (χ0n) is 11.4. The Morgan fingerprint density at radius 1 is 1.15 bits per heavy atom. The van der Waals surface area contributed by atoms with E-state index in [2.05, 4.69) is 35.0 Å². The minimum absolute atomic E-state index is 0.127. The van der Waals surface area contributed by atoms with E-state index >= 15 is 0 Å². The predicted molar refractivity (Wildman–Crippen MR) is 85.9 cm³/mol. The second kappa shape index (κ2) is 5.41. The van der Waals surface area contributed by atoms with Gasteiger partial charge in [0.25, 0.3) is 5.91 Å². The summed E-state index contributed by atoms with van der Waals surface area (Å²) in [6, 6.07) is 12.0. The number of carbonyl (C=O) groups excluding carboxylic acids is 1. The van der Waals surface area contributed by atoms with Crippen LogP contribution in [-0.4, -0.2) is 23.9 Å². The highest BCUT2D eigenvalue weighted by Gasteiger charge is 2.18. The van der Waals surface area contributed by atoms with Gasteiger partial charge in [-0.3, -0.25) is 4.79 Å². The first-order valence-corrected chi connectivity index (χ1v) is 7.57. The molecule has 0 bridgehead atoms. The van der Waals surface area contributed by atoms with E-state index in [1.54, 1.807) is 0 Å². The van der Waals surface area contributed by atoms with Gasteiger partial charge in [0.05, 0.1) is 0 Å². The van der Waals surface area contributed by atoms with Crippen LogP contribution < -0.4 is 0 Å². The number of amides is 1. The number of benzene rings is 2. The molecule has 1 aliphatic rings. The SMILES string of the molecule is CC1=CCCN(C(=O)c2ccc3cc(Br)ccc3c2)C1.